The summed E-state index contributed by atoms with van der Waals surface area (Å²) in [4.78, 5) is 11.8. The van der Waals surface area contributed by atoms with Crippen LogP contribution in [0.4, 0.5) is 10.5 Å². The van der Waals surface area contributed by atoms with Crippen molar-refractivity contribution in [2.75, 3.05) is 31.6 Å². The quantitative estimate of drug-likeness (QED) is 0.600. The Kier molecular flexibility index (Phi) is 5.41. The minimum absolute atomic E-state index is 0.228. The first kappa shape index (κ1) is 16.3. The van der Waals surface area contributed by atoms with Gasteiger partial charge < -0.3 is 25.8 Å². The third-order valence-electron chi connectivity index (χ3n) is 3.40. The lowest BCUT2D eigenvalue weighted by Crippen LogP contribution is -2.45. The molecule has 2 rings (SSSR count). The maximum absolute atomic E-state index is 11.8. The van der Waals surface area contributed by atoms with Gasteiger partial charge in [-0.3, -0.25) is 0 Å². The van der Waals surface area contributed by atoms with Gasteiger partial charge in [-0.1, -0.05) is 6.58 Å². The van der Waals surface area contributed by atoms with Gasteiger partial charge in [-0.25, -0.2) is 4.79 Å². The number of anilines is 1. The largest absolute Gasteiger partial charge is 0.489 e. The molecule has 0 aliphatic carbocycles. The fourth-order valence-corrected chi connectivity index (χ4v) is 2.14. The fourth-order valence-electron chi connectivity index (χ4n) is 2.14. The number of hydrogen-bond donors (Lipinski definition) is 4. The number of carbonyl (C=O) groups is 1. The number of ether oxygens (including phenoxy) is 1. The summed E-state index contributed by atoms with van der Waals surface area (Å²) in [7, 11) is 0. The Balaban J connectivity index is 1.77. The second-order valence-electron chi connectivity index (χ2n) is 5.73. The van der Waals surface area contributed by atoms with Crippen LogP contribution in [0.5, 0.6) is 5.75 Å². The number of aliphatic hydroxyl groups is 1. The van der Waals surface area contributed by atoms with E-state index in [0.29, 0.717) is 25.3 Å². The van der Waals surface area contributed by atoms with Crippen molar-refractivity contribution >= 4 is 11.7 Å². The minimum Gasteiger partial charge on any atom is -0.489 e. The lowest BCUT2D eigenvalue weighted by atomic mass is 10.0. The summed E-state index contributed by atoms with van der Waals surface area (Å²) in [5.41, 5.74) is 0.759. The van der Waals surface area contributed by atoms with E-state index in [1.54, 1.807) is 24.3 Å². The summed E-state index contributed by atoms with van der Waals surface area (Å²) in [6.45, 7) is 7.64. The van der Waals surface area contributed by atoms with E-state index in [1.807, 2.05) is 6.92 Å². The maximum Gasteiger partial charge on any atom is 0.319 e. The highest BCUT2D eigenvalue weighted by molar-refractivity contribution is 5.89. The van der Waals surface area contributed by atoms with Gasteiger partial charge >= 0.3 is 6.03 Å². The van der Waals surface area contributed by atoms with Crippen molar-refractivity contribution in [1.82, 2.24) is 10.6 Å². The van der Waals surface area contributed by atoms with E-state index in [2.05, 4.69) is 22.5 Å². The molecular weight excluding hydrogens is 282 g/mol. The Morgan fingerprint density at radius 1 is 1.45 bits per heavy atom. The molecule has 1 heterocycles. The molecule has 1 fully saturated rings. The van der Waals surface area contributed by atoms with Gasteiger partial charge in [-0.2, -0.15) is 0 Å². The molecule has 1 aromatic rings. The number of β-amino-alcohol motifs (C(OH)–C–C–N with tert-alkyl or cyclic N) is 1. The van der Waals surface area contributed by atoms with Crippen molar-refractivity contribution in [2.24, 2.45) is 0 Å². The summed E-state index contributed by atoms with van der Waals surface area (Å²) >= 11 is 0. The third kappa shape index (κ3) is 5.05. The lowest BCUT2D eigenvalue weighted by molar-refractivity contribution is 0.0640. The second-order valence-corrected chi connectivity index (χ2v) is 5.73. The number of rotatable bonds is 6. The highest BCUT2D eigenvalue weighted by atomic mass is 16.5. The third-order valence-corrected chi connectivity index (χ3v) is 3.40. The van der Waals surface area contributed by atoms with Crippen LogP contribution in [0.15, 0.2) is 36.4 Å². The molecule has 0 saturated carbocycles. The van der Waals surface area contributed by atoms with Crippen LogP contribution in [0.1, 0.15) is 13.3 Å². The minimum atomic E-state index is -0.850. The smallest absolute Gasteiger partial charge is 0.319 e. The summed E-state index contributed by atoms with van der Waals surface area (Å²) in [5.74, 6) is 0.722. The molecule has 0 radical (unpaired) electrons. The van der Waals surface area contributed by atoms with Crippen molar-refractivity contribution in [2.45, 2.75) is 18.9 Å². The Bertz CT molecular complexity index is 522. The molecule has 120 valence electrons. The summed E-state index contributed by atoms with van der Waals surface area (Å²) in [5, 5.41) is 18.6. The van der Waals surface area contributed by atoms with Gasteiger partial charge in [0, 0.05) is 18.8 Å². The van der Waals surface area contributed by atoms with E-state index in [9.17, 15) is 9.90 Å². The van der Waals surface area contributed by atoms with Gasteiger partial charge in [-0.15, -0.1) is 0 Å². The van der Waals surface area contributed by atoms with E-state index in [0.717, 1.165) is 17.9 Å². The summed E-state index contributed by atoms with van der Waals surface area (Å²) in [6, 6.07) is 6.76. The van der Waals surface area contributed by atoms with Gasteiger partial charge in [0.1, 0.15) is 12.4 Å². The fraction of sp³-hybridized carbons (Fsp3) is 0.438. The van der Waals surface area contributed by atoms with Gasteiger partial charge in [-0.05, 0) is 49.7 Å². The number of amides is 2. The first-order valence-electron chi connectivity index (χ1n) is 7.32. The van der Waals surface area contributed by atoms with E-state index < -0.39 is 5.60 Å². The molecule has 2 amide bonds. The highest BCUT2D eigenvalue weighted by Gasteiger charge is 2.31. The van der Waals surface area contributed by atoms with Gasteiger partial charge in [0.2, 0.25) is 0 Å². The van der Waals surface area contributed by atoms with Crippen molar-refractivity contribution in [1.29, 1.82) is 0 Å². The molecule has 0 aromatic heterocycles. The van der Waals surface area contributed by atoms with E-state index in [1.165, 1.54) is 0 Å². The molecular formula is C16H23N3O3. The maximum atomic E-state index is 11.8. The zero-order chi connectivity index (χ0) is 16.0. The molecule has 6 nitrogen and oxygen atoms in total. The Morgan fingerprint density at radius 3 is 2.77 bits per heavy atom. The first-order chi connectivity index (χ1) is 10.5. The Hall–Kier alpha value is -2.05. The number of hydrogen-bond acceptors (Lipinski definition) is 4. The molecule has 22 heavy (non-hydrogen) atoms. The second kappa shape index (κ2) is 7.29. The lowest BCUT2D eigenvalue weighted by Gasteiger charge is -2.21. The van der Waals surface area contributed by atoms with Crippen LogP contribution in [0, 0.1) is 0 Å². The molecule has 1 aromatic carbocycles. The Labute approximate surface area is 130 Å². The Morgan fingerprint density at radius 2 is 2.18 bits per heavy atom. The van der Waals surface area contributed by atoms with Crippen LogP contribution < -0.4 is 20.7 Å². The van der Waals surface area contributed by atoms with Crippen LogP contribution in [-0.2, 0) is 0 Å². The molecule has 4 N–H and O–H groups in total. The van der Waals surface area contributed by atoms with Crippen molar-refractivity contribution in [3.8, 4) is 5.75 Å². The average molecular weight is 305 g/mol. The molecule has 0 spiro atoms. The average Bonchev–Trinajstić information content (AvgIpc) is 2.92. The molecule has 0 unspecified atom stereocenters. The van der Waals surface area contributed by atoms with Crippen LogP contribution in [0.3, 0.4) is 0 Å². The molecule has 1 aliphatic heterocycles. The van der Waals surface area contributed by atoms with Crippen molar-refractivity contribution in [3.63, 3.8) is 0 Å². The normalized spacial score (nSPS) is 20.5. The molecule has 0 bridgehead atoms. The standard InChI is InChI=1S/C16H23N3O3/c1-12(2)9-22-14-5-3-13(4-6-14)19-15(20)18-11-16(21)7-8-17-10-16/h3-6,17,21H,1,7-11H2,2H3,(H2,18,19,20)/t16-/m1/s1. The van der Waals surface area contributed by atoms with E-state index >= 15 is 0 Å². The predicted molar refractivity (Wildman–Crippen MR) is 86.2 cm³/mol. The molecule has 1 aliphatic rings. The monoisotopic (exact) mass is 305 g/mol. The van der Waals surface area contributed by atoms with Crippen molar-refractivity contribution in [3.05, 3.63) is 36.4 Å². The number of nitrogens with one attached hydrogen (secondary N) is 3. The molecule has 6 heteroatoms. The van der Waals surface area contributed by atoms with Crippen LogP contribution >= 0.6 is 0 Å². The van der Waals surface area contributed by atoms with Crippen LogP contribution in [0.25, 0.3) is 0 Å². The number of carbonyl (C=O) groups excluding carboxylic acids is 1. The van der Waals surface area contributed by atoms with Crippen LogP contribution in [0.2, 0.25) is 0 Å². The van der Waals surface area contributed by atoms with Gasteiger partial charge in [0.15, 0.2) is 0 Å². The number of benzene rings is 1. The predicted octanol–water partition coefficient (Wildman–Crippen LogP) is 1.49. The van der Waals surface area contributed by atoms with Crippen molar-refractivity contribution < 1.29 is 14.6 Å². The van der Waals surface area contributed by atoms with Crippen LogP contribution in [-0.4, -0.2) is 43.0 Å². The zero-order valence-electron chi connectivity index (χ0n) is 12.8. The molecule has 1 atom stereocenters. The summed E-state index contributed by atoms with van der Waals surface area (Å²) in [6.07, 6.45) is 0.641. The van der Waals surface area contributed by atoms with E-state index in [4.69, 9.17) is 4.74 Å². The topological polar surface area (TPSA) is 82.6 Å². The van der Waals surface area contributed by atoms with Gasteiger partial charge in [0.25, 0.3) is 0 Å². The first-order valence-corrected chi connectivity index (χ1v) is 7.32. The van der Waals surface area contributed by atoms with Gasteiger partial charge in [0.05, 0.1) is 5.60 Å². The SMILES string of the molecule is C=C(C)COc1ccc(NC(=O)NC[C@@]2(O)CCNC2)cc1. The van der Waals surface area contributed by atoms with E-state index in [-0.39, 0.29) is 12.6 Å². The molecule has 1 saturated heterocycles. The highest BCUT2D eigenvalue weighted by Crippen LogP contribution is 2.16. The number of urea groups is 1. The summed E-state index contributed by atoms with van der Waals surface area (Å²) < 4.78 is 5.49. The zero-order valence-corrected chi connectivity index (χ0v) is 12.8.